The molecular weight excluding hydrogens is 184 g/mol. The third-order valence-corrected chi connectivity index (χ3v) is 3.31. The Kier molecular flexibility index (Phi) is 7.54. The zero-order valence-electron chi connectivity index (χ0n) is 11.0. The molecule has 15 heavy (non-hydrogen) atoms. The minimum absolute atomic E-state index is 0.0630. The van der Waals surface area contributed by atoms with Gasteiger partial charge in [-0.1, -0.05) is 52.5 Å². The van der Waals surface area contributed by atoms with Crippen LogP contribution in [0, 0.1) is 5.92 Å². The van der Waals surface area contributed by atoms with Crippen LogP contribution in [0.1, 0.15) is 66.2 Å². The topological polar surface area (TPSA) is 9.23 Å². The van der Waals surface area contributed by atoms with Gasteiger partial charge in [-0.2, -0.15) is 0 Å². The van der Waals surface area contributed by atoms with Crippen LogP contribution in [-0.4, -0.2) is 5.60 Å². The van der Waals surface area contributed by atoms with Gasteiger partial charge in [-0.05, 0) is 26.2 Å². The Morgan fingerprint density at radius 1 is 1.20 bits per heavy atom. The lowest BCUT2D eigenvalue weighted by Gasteiger charge is -2.31. The van der Waals surface area contributed by atoms with Crippen molar-refractivity contribution in [3.8, 4) is 0 Å². The first-order valence-electron chi connectivity index (χ1n) is 6.33. The smallest absolute Gasteiger partial charge is 0.105 e. The van der Waals surface area contributed by atoms with Crippen molar-refractivity contribution in [2.24, 2.45) is 5.92 Å². The molecule has 0 amide bonds. The zero-order chi connectivity index (χ0) is 11.7. The molecule has 0 N–H and O–H groups in total. The van der Waals surface area contributed by atoms with Crippen LogP contribution in [0.15, 0.2) is 12.8 Å². The van der Waals surface area contributed by atoms with Crippen molar-refractivity contribution in [1.29, 1.82) is 0 Å². The minimum Gasteiger partial charge on any atom is -0.496 e. The fourth-order valence-corrected chi connectivity index (χ4v) is 1.73. The molecule has 0 fully saturated rings. The van der Waals surface area contributed by atoms with Crippen LogP contribution in [0.4, 0.5) is 0 Å². The minimum atomic E-state index is -0.0630. The van der Waals surface area contributed by atoms with Gasteiger partial charge >= 0.3 is 0 Å². The standard InChI is InChI=1S/C14H28O/c1-6-8-9-10-11-12-13(3)14(4,5)15-7-2/h7,13H,2,6,8-12H2,1,3-5H3. The van der Waals surface area contributed by atoms with Crippen LogP contribution >= 0.6 is 0 Å². The van der Waals surface area contributed by atoms with Crippen LogP contribution in [0.25, 0.3) is 0 Å². The van der Waals surface area contributed by atoms with Crippen molar-refractivity contribution in [1.82, 2.24) is 0 Å². The van der Waals surface area contributed by atoms with E-state index in [0.29, 0.717) is 5.92 Å². The lowest BCUT2D eigenvalue weighted by molar-refractivity contribution is 0.00438. The van der Waals surface area contributed by atoms with Crippen LogP contribution in [-0.2, 0) is 4.74 Å². The summed E-state index contributed by atoms with van der Waals surface area (Å²) in [4.78, 5) is 0. The highest BCUT2D eigenvalue weighted by Gasteiger charge is 2.25. The normalized spacial score (nSPS) is 13.6. The second-order valence-electron chi connectivity index (χ2n) is 4.99. The summed E-state index contributed by atoms with van der Waals surface area (Å²) >= 11 is 0. The average molecular weight is 212 g/mol. The highest BCUT2D eigenvalue weighted by atomic mass is 16.5. The van der Waals surface area contributed by atoms with E-state index in [2.05, 4.69) is 34.3 Å². The Balaban J connectivity index is 3.63. The third kappa shape index (κ3) is 6.59. The first-order chi connectivity index (χ1) is 7.04. The van der Waals surface area contributed by atoms with Crippen LogP contribution in [0.5, 0.6) is 0 Å². The molecule has 0 saturated carbocycles. The van der Waals surface area contributed by atoms with Gasteiger partial charge in [0.05, 0.1) is 6.26 Å². The SMILES string of the molecule is C=COC(C)(C)C(C)CCCCCCC. The van der Waals surface area contributed by atoms with Crippen LogP contribution in [0.2, 0.25) is 0 Å². The summed E-state index contributed by atoms with van der Waals surface area (Å²) in [6.07, 6.45) is 9.58. The molecule has 0 aromatic rings. The number of hydrogen-bond acceptors (Lipinski definition) is 1. The molecule has 0 spiro atoms. The number of hydrogen-bond donors (Lipinski definition) is 0. The number of unbranched alkanes of at least 4 members (excludes halogenated alkanes) is 4. The maximum atomic E-state index is 5.53. The van der Waals surface area contributed by atoms with Gasteiger partial charge in [-0.3, -0.25) is 0 Å². The maximum absolute atomic E-state index is 5.53. The first kappa shape index (κ1) is 14.5. The summed E-state index contributed by atoms with van der Waals surface area (Å²) in [7, 11) is 0. The molecule has 0 aromatic heterocycles. The van der Waals surface area contributed by atoms with Gasteiger partial charge in [-0.25, -0.2) is 0 Å². The monoisotopic (exact) mass is 212 g/mol. The molecule has 90 valence electrons. The lowest BCUT2D eigenvalue weighted by atomic mass is 9.88. The second-order valence-corrected chi connectivity index (χ2v) is 4.99. The third-order valence-electron chi connectivity index (χ3n) is 3.31. The summed E-state index contributed by atoms with van der Waals surface area (Å²) in [6.45, 7) is 12.4. The molecule has 0 aliphatic carbocycles. The van der Waals surface area contributed by atoms with E-state index in [0.717, 1.165) is 0 Å². The quantitative estimate of drug-likeness (QED) is 0.389. The predicted octanol–water partition coefficient (Wildman–Crippen LogP) is 4.92. The van der Waals surface area contributed by atoms with Crippen molar-refractivity contribution in [2.75, 3.05) is 0 Å². The molecule has 1 atom stereocenters. The molecular formula is C14H28O. The highest BCUT2D eigenvalue weighted by Crippen LogP contribution is 2.26. The molecule has 0 heterocycles. The van der Waals surface area contributed by atoms with Gasteiger partial charge in [0.25, 0.3) is 0 Å². The Morgan fingerprint density at radius 2 is 1.80 bits per heavy atom. The molecule has 0 radical (unpaired) electrons. The summed E-state index contributed by atoms with van der Waals surface area (Å²) in [6, 6.07) is 0. The van der Waals surface area contributed by atoms with Crippen molar-refractivity contribution in [2.45, 2.75) is 71.8 Å². The van der Waals surface area contributed by atoms with E-state index >= 15 is 0 Å². The second kappa shape index (κ2) is 7.78. The Bertz CT molecular complexity index is 161. The van der Waals surface area contributed by atoms with E-state index in [1.165, 1.54) is 38.5 Å². The largest absolute Gasteiger partial charge is 0.496 e. The van der Waals surface area contributed by atoms with Crippen molar-refractivity contribution >= 4 is 0 Å². The summed E-state index contributed by atoms with van der Waals surface area (Å²) in [5.74, 6) is 0.595. The Morgan fingerprint density at radius 3 is 2.33 bits per heavy atom. The molecule has 1 heteroatoms. The van der Waals surface area contributed by atoms with E-state index < -0.39 is 0 Å². The van der Waals surface area contributed by atoms with Gasteiger partial charge in [0, 0.05) is 0 Å². The molecule has 1 unspecified atom stereocenters. The molecule has 0 aliphatic rings. The molecule has 0 aromatic carbocycles. The van der Waals surface area contributed by atoms with Gasteiger partial charge < -0.3 is 4.74 Å². The predicted molar refractivity (Wildman–Crippen MR) is 67.9 cm³/mol. The van der Waals surface area contributed by atoms with E-state index in [9.17, 15) is 0 Å². The fourth-order valence-electron chi connectivity index (χ4n) is 1.73. The highest BCUT2D eigenvalue weighted by molar-refractivity contribution is 4.78. The molecule has 1 nitrogen and oxygen atoms in total. The zero-order valence-corrected chi connectivity index (χ0v) is 11.0. The van der Waals surface area contributed by atoms with Crippen LogP contribution in [0.3, 0.4) is 0 Å². The van der Waals surface area contributed by atoms with E-state index in [1.54, 1.807) is 6.26 Å². The van der Waals surface area contributed by atoms with Crippen molar-refractivity contribution in [3.63, 3.8) is 0 Å². The molecule has 0 bridgehead atoms. The summed E-state index contributed by atoms with van der Waals surface area (Å²) < 4.78 is 5.53. The number of ether oxygens (including phenoxy) is 1. The fraction of sp³-hybridized carbons (Fsp3) is 0.857. The summed E-state index contributed by atoms with van der Waals surface area (Å²) in [5, 5.41) is 0. The van der Waals surface area contributed by atoms with Crippen LogP contribution < -0.4 is 0 Å². The summed E-state index contributed by atoms with van der Waals surface area (Å²) in [5.41, 5.74) is -0.0630. The average Bonchev–Trinajstić information content (AvgIpc) is 2.17. The van der Waals surface area contributed by atoms with Gasteiger partial charge in [-0.15, -0.1) is 0 Å². The lowest BCUT2D eigenvalue weighted by Crippen LogP contribution is -2.30. The molecule has 0 aliphatic heterocycles. The van der Waals surface area contributed by atoms with Gasteiger partial charge in [0.15, 0.2) is 0 Å². The van der Waals surface area contributed by atoms with Crippen molar-refractivity contribution < 1.29 is 4.74 Å². The Labute approximate surface area is 95.9 Å². The molecule has 0 saturated heterocycles. The first-order valence-corrected chi connectivity index (χ1v) is 6.33. The van der Waals surface area contributed by atoms with E-state index in [1.807, 2.05) is 0 Å². The van der Waals surface area contributed by atoms with E-state index in [4.69, 9.17) is 4.74 Å². The van der Waals surface area contributed by atoms with Gasteiger partial charge in [0.2, 0.25) is 0 Å². The Hall–Kier alpha value is -0.460. The maximum Gasteiger partial charge on any atom is 0.105 e. The molecule has 0 rings (SSSR count). The van der Waals surface area contributed by atoms with E-state index in [-0.39, 0.29) is 5.60 Å². The number of rotatable bonds is 9. The van der Waals surface area contributed by atoms with Gasteiger partial charge in [0.1, 0.15) is 5.60 Å². The van der Waals surface area contributed by atoms with Crippen molar-refractivity contribution in [3.05, 3.63) is 12.8 Å².